The van der Waals surface area contributed by atoms with E-state index >= 15 is 0 Å². The van der Waals surface area contributed by atoms with Crippen LogP contribution in [0.3, 0.4) is 0 Å². The maximum Gasteiger partial charge on any atom is 0.188 e. The molecular weight excluding hydrogens is 243 g/mol. The number of aliphatic hydroxyl groups excluding tert-OH is 3. The van der Waals surface area contributed by atoms with E-state index in [1.165, 1.54) is 19.2 Å². The van der Waals surface area contributed by atoms with Crippen LogP contribution in [-0.2, 0) is 4.74 Å². The zero-order valence-electron chi connectivity index (χ0n) is 10.0. The summed E-state index contributed by atoms with van der Waals surface area (Å²) in [6.45, 7) is -0.288. The van der Waals surface area contributed by atoms with Crippen LogP contribution in [0.5, 0.6) is 5.75 Å². The van der Waals surface area contributed by atoms with Gasteiger partial charge in [0, 0.05) is 25.3 Å². The van der Waals surface area contributed by atoms with E-state index in [-0.39, 0.29) is 31.1 Å². The minimum Gasteiger partial charge on any atom is -0.467 e. The van der Waals surface area contributed by atoms with Crippen molar-refractivity contribution < 1.29 is 29.2 Å². The Kier molecular flexibility index (Phi) is 6.00. The molecule has 0 fully saturated rings. The molecule has 0 bridgehead atoms. The summed E-state index contributed by atoms with van der Waals surface area (Å²) in [5.74, 6) is -0.421. The fourth-order valence-corrected chi connectivity index (χ4v) is 1.46. The zero-order valence-corrected chi connectivity index (χ0v) is 10.0. The first-order chi connectivity index (χ1) is 8.60. The van der Waals surface area contributed by atoms with E-state index < -0.39 is 18.0 Å². The average Bonchev–Trinajstić information content (AvgIpc) is 2.36. The highest BCUT2D eigenvalue weighted by atomic mass is 19.1. The number of aliphatic hydroxyl groups is 3. The Morgan fingerprint density at radius 1 is 1.33 bits per heavy atom. The summed E-state index contributed by atoms with van der Waals surface area (Å²) >= 11 is 0. The van der Waals surface area contributed by atoms with Crippen LogP contribution in [0.25, 0.3) is 0 Å². The second kappa shape index (κ2) is 7.27. The van der Waals surface area contributed by atoms with E-state index in [9.17, 15) is 14.6 Å². The van der Waals surface area contributed by atoms with Crippen LogP contribution in [0.4, 0.5) is 4.39 Å². The van der Waals surface area contributed by atoms with Crippen molar-refractivity contribution in [3.05, 3.63) is 29.6 Å². The van der Waals surface area contributed by atoms with Gasteiger partial charge in [0.25, 0.3) is 0 Å². The van der Waals surface area contributed by atoms with Crippen molar-refractivity contribution in [2.75, 3.05) is 20.5 Å². The predicted molar refractivity (Wildman–Crippen MR) is 61.6 cm³/mol. The van der Waals surface area contributed by atoms with Crippen LogP contribution in [0.2, 0.25) is 0 Å². The molecule has 6 heteroatoms. The summed E-state index contributed by atoms with van der Waals surface area (Å²) < 4.78 is 23.4. The molecule has 3 N–H and O–H groups in total. The summed E-state index contributed by atoms with van der Waals surface area (Å²) in [4.78, 5) is 0. The molecule has 0 saturated carbocycles. The predicted octanol–water partition coefficient (Wildman–Crippen LogP) is 0.585. The minimum atomic E-state index is -1.38. The van der Waals surface area contributed by atoms with Crippen LogP contribution in [0.15, 0.2) is 18.2 Å². The van der Waals surface area contributed by atoms with Crippen molar-refractivity contribution in [3.63, 3.8) is 0 Å². The quantitative estimate of drug-likeness (QED) is 0.625. The van der Waals surface area contributed by atoms with Gasteiger partial charge in [-0.3, -0.25) is 0 Å². The average molecular weight is 260 g/mol. The molecule has 2 unspecified atom stereocenters. The van der Waals surface area contributed by atoms with Gasteiger partial charge < -0.3 is 24.8 Å². The molecule has 102 valence electrons. The maximum absolute atomic E-state index is 13.7. The number of hydrogen-bond donors (Lipinski definition) is 3. The lowest BCUT2D eigenvalue weighted by molar-refractivity contribution is 0.00220. The van der Waals surface area contributed by atoms with Gasteiger partial charge >= 0.3 is 0 Å². The van der Waals surface area contributed by atoms with Crippen LogP contribution in [0, 0.1) is 5.82 Å². The van der Waals surface area contributed by atoms with Crippen molar-refractivity contribution >= 4 is 0 Å². The highest BCUT2D eigenvalue weighted by Crippen LogP contribution is 2.25. The number of methoxy groups -OCH3 is 1. The summed E-state index contributed by atoms with van der Waals surface area (Å²) in [5.41, 5.74) is -0.0410. The fraction of sp³-hybridized carbons (Fsp3) is 0.500. The second-order valence-electron chi connectivity index (χ2n) is 3.76. The number of rotatable bonds is 7. The molecule has 0 spiro atoms. The molecule has 0 aliphatic rings. The number of hydrogen-bond acceptors (Lipinski definition) is 5. The Balaban J connectivity index is 2.78. The van der Waals surface area contributed by atoms with Gasteiger partial charge in [-0.1, -0.05) is 0 Å². The van der Waals surface area contributed by atoms with Gasteiger partial charge in [-0.25, -0.2) is 4.39 Å². The number of halogens is 1. The topological polar surface area (TPSA) is 79.2 Å². The smallest absolute Gasteiger partial charge is 0.188 e. The minimum absolute atomic E-state index is 0.00548. The Hall–Kier alpha value is -1.21. The molecule has 0 aliphatic heterocycles. The van der Waals surface area contributed by atoms with Crippen LogP contribution in [-0.4, -0.2) is 41.9 Å². The second-order valence-corrected chi connectivity index (χ2v) is 3.76. The molecule has 1 aromatic rings. The van der Waals surface area contributed by atoms with Crippen molar-refractivity contribution in [2.45, 2.75) is 18.6 Å². The van der Waals surface area contributed by atoms with Crippen molar-refractivity contribution in [1.29, 1.82) is 0 Å². The van der Waals surface area contributed by atoms with E-state index in [4.69, 9.17) is 9.84 Å². The Bertz CT molecular complexity index is 371. The van der Waals surface area contributed by atoms with E-state index in [2.05, 4.69) is 4.74 Å². The molecule has 0 amide bonds. The van der Waals surface area contributed by atoms with Gasteiger partial charge in [-0.15, -0.1) is 0 Å². The highest BCUT2D eigenvalue weighted by Gasteiger charge is 2.21. The molecule has 0 aliphatic carbocycles. The number of ether oxygens (including phenoxy) is 2. The third-order valence-electron chi connectivity index (χ3n) is 2.42. The van der Waals surface area contributed by atoms with Gasteiger partial charge in [-0.2, -0.15) is 0 Å². The fourth-order valence-electron chi connectivity index (χ4n) is 1.46. The summed E-state index contributed by atoms with van der Waals surface area (Å²) in [6, 6.07) is 3.89. The first-order valence-corrected chi connectivity index (χ1v) is 5.48. The summed E-state index contributed by atoms with van der Waals surface area (Å²) in [6.07, 6.45) is -2.62. The van der Waals surface area contributed by atoms with Gasteiger partial charge in [0.05, 0.1) is 6.10 Å². The summed E-state index contributed by atoms with van der Waals surface area (Å²) in [7, 11) is 1.44. The Labute approximate surface area is 104 Å². The van der Waals surface area contributed by atoms with Crippen LogP contribution >= 0.6 is 0 Å². The van der Waals surface area contributed by atoms with E-state index in [1.807, 2.05) is 0 Å². The standard InChI is InChI=1S/C12H17FO5/c1-17-7-18-8-2-3-9(10(13)6-8)12(16)11(15)4-5-14/h2-3,6,11-12,14-16H,4-5,7H2,1H3. The Morgan fingerprint density at radius 3 is 2.61 bits per heavy atom. The molecule has 5 nitrogen and oxygen atoms in total. The lowest BCUT2D eigenvalue weighted by Crippen LogP contribution is -2.20. The van der Waals surface area contributed by atoms with Crippen molar-refractivity contribution in [1.82, 2.24) is 0 Å². The van der Waals surface area contributed by atoms with Gasteiger partial charge in [0.15, 0.2) is 6.79 Å². The first-order valence-electron chi connectivity index (χ1n) is 5.48. The lowest BCUT2D eigenvalue weighted by atomic mass is 10.0. The molecule has 1 rings (SSSR count). The van der Waals surface area contributed by atoms with E-state index in [1.54, 1.807) is 0 Å². The van der Waals surface area contributed by atoms with Gasteiger partial charge in [-0.05, 0) is 18.6 Å². The zero-order chi connectivity index (χ0) is 13.5. The molecule has 0 aromatic heterocycles. The number of benzene rings is 1. The van der Waals surface area contributed by atoms with Gasteiger partial charge in [0.2, 0.25) is 0 Å². The van der Waals surface area contributed by atoms with Gasteiger partial charge in [0.1, 0.15) is 17.7 Å². The third-order valence-corrected chi connectivity index (χ3v) is 2.42. The van der Waals surface area contributed by atoms with Crippen molar-refractivity contribution in [2.24, 2.45) is 0 Å². The molecule has 0 radical (unpaired) electrons. The SMILES string of the molecule is COCOc1ccc(C(O)C(O)CCO)c(F)c1. The van der Waals surface area contributed by atoms with E-state index in [0.717, 1.165) is 6.07 Å². The summed E-state index contributed by atoms with van der Waals surface area (Å²) in [5, 5.41) is 27.8. The van der Waals surface area contributed by atoms with Crippen LogP contribution in [0.1, 0.15) is 18.1 Å². The Morgan fingerprint density at radius 2 is 2.06 bits per heavy atom. The van der Waals surface area contributed by atoms with E-state index in [0.29, 0.717) is 0 Å². The third kappa shape index (κ3) is 3.92. The molecular formula is C12H17FO5. The lowest BCUT2D eigenvalue weighted by Gasteiger charge is -2.18. The molecule has 18 heavy (non-hydrogen) atoms. The molecule has 1 aromatic carbocycles. The normalized spacial score (nSPS) is 14.3. The highest BCUT2D eigenvalue weighted by molar-refractivity contribution is 5.30. The monoisotopic (exact) mass is 260 g/mol. The molecule has 0 heterocycles. The largest absolute Gasteiger partial charge is 0.467 e. The van der Waals surface area contributed by atoms with Crippen molar-refractivity contribution in [3.8, 4) is 5.75 Å². The molecule has 0 saturated heterocycles. The molecule has 2 atom stereocenters. The van der Waals surface area contributed by atoms with Crippen LogP contribution < -0.4 is 4.74 Å². The first kappa shape index (κ1) is 14.8. The maximum atomic E-state index is 13.7.